The van der Waals surface area contributed by atoms with Gasteiger partial charge in [-0.25, -0.2) is 0 Å². The summed E-state index contributed by atoms with van der Waals surface area (Å²) in [5.74, 6) is 1.16. The van der Waals surface area contributed by atoms with Crippen molar-refractivity contribution >= 4 is 0 Å². The molecule has 0 aromatic heterocycles. The monoisotopic (exact) mass is 303 g/mol. The van der Waals surface area contributed by atoms with Crippen molar-refractivity contribution in [1.29, 1.82) is 0 Å². The second kappa shape index (κ2) is 10.6. The molecule has 22 heavy (non-hydrogen) atoms. The Morgan fingerprint density at radius 3 is 1.95 bits per heavy atom. The fraction of sp³-hybridized carbons (Fsp3) is 0.619. The van der Waals surface area contributed by atoms with Crippen LogP contribution in [-0.4, -0.2) is 13.1 Å². The molecule has 1 saturated heterocycles. The Balaban J connectivity index is 0.00000211. The lowest BCUT2D eigenvalue weighted by atomic mass is 9.85. The SMILES string of the molecule is C=C(C)/C(C)=C(/C(C)=C/C(=C)C1CCNCC1)C(C)C.CC. The van der Waals surface area contributed by atoms with Crippen LogP contribution in [0.5, 0.6) is 0 Å². The fourth-order valence-corrected chi connectivity index (χ4v) is 3.08. The summed E-state index contributed by atoms with van der Waals surface area (Å²) < 4.78 is 0. The Kier molecular flexibility index (Phi) is 10.1. The van der Waals surface area contributed by atoms with Gasteiger partial charge in [-0.1, -0.05) is 58.1 Å². The van der Waals surface area contributed by atoms with Crippen molar-refractivity contribution < 1.29 is 0 Å². The van der Waals surface area contributed by atoms with E-state index in [2.05, 4.69) is 59.2 Å². The minimum atomic E-state index is 0.517. The predicted octanol–water partition coefficient (Wildman–Crippen LogP) is 6.06. The van der Waals surface area contributed by atoms with Gasteiger partial charge in [0.05, 0.1) is 0 Å². The van der Waals surface area contributed by atoms with E-state index in [-0.39, 0.29) is 0 Å². The molecule has 1 aliphatic heterocycles. The van der Waals surface area contributed by atoms with Crippen LogP contribution in [0.25, 0.3) is 0 Å². The first-order valence-corrected chi connectivity index (χ1v) is 8.79. The van der Waals surface area contributed by atoms with Crippen molar-refractivity contribution in [2.24, 2.45) is 11.8 Å². The van der Waals surface area contributed by atoms with Crippen molar-refractivity contribution in [2.75, 3.05) is 13.1 Å². The average molecular weight is 304 g/mol. The fourth-order valence-electron chi connectivity index (χ4n) is 3.08. The molecule has 0 spiro atoms. The summed E-state index contributed by atoms with van der Waals surface area (Å²) in [6.07, 6.45) is 4.73. The quantitative estimate of drug-likeness (QED) is 0.608. The molecule has 0 unspecified atom stereocenters. The van der Waals surface area contributed by atoms with E-state index in [1.54, 1.807) is 0 Å². The van der Waals surface area contributed by atoms with Crippen molar-refractivity contribution in [1.82, 2.24) is 5.32 Å². The minimum absolute atomic E-state index is 0.517. The van der Waals surface area contributed by atoms with Crippen molar-refractivity contribution in [3.8, 4) is 0 Å². The third kappa shape index (κ3) is 6.36. The number of hydrogen-bond acceptors (Lipinski definition) is 1. The van der Waals surface area contributed by atoms with Gasteiger partial charge in [0.1, 0.15) is 0 Å². The highest BCUT2D eigenvalue weighted by Crippen LogP contribution is 2.29. The van der Waals surface area contributed by atoms with Gasteiger partial charge in [0.25, 0.3) is 0 Å². The molecule has 0 aromatic carbocycles. The molecule has 0 radical (unpaired) electrons. The van der Waals surface area contributed by atoms with Crippen molar-refractivity contribution in [3.05, 3.63) is 47.1 Å². The van der Waals surface area contributed by atoms with E-state index in [1.807, 2.05) is 13.8 Å². The molecule has 1 heterocycles. The highest BCUT2D eigenvalue weighted by Gasteiger charge is 2.16. The summed E-state index contributed by atoms with van der Waals surface area (Å²) in [7, 11) is 0. The summed E-state index contributed by atoms with van der Waals surface area (Å²) in [6.45, 7) is 25.6. The maximum atomic E-state index is 4.32. The molecular weight excluding hydrogens is 266 g/mol. The highest BCUT2D eigenvalue weighted by atomic mass is 14.9. The van der Waals surface area contributed by atoms with Crippen molar-refractivity contribution in [2.45, 2.75) is 61.3 Å². The Hall–Kier alpha value is -1.08. The molecule has 1 rings (SSSR count). The van der Waals surface area contributed by atoms with Crippen LogP contribution in [0.2, 0.25) is 0 Å². The molecule has 0 saturated carbocycles. The zero-order chi connectivity index (χ0) is 17.3. The first-order chi connectivity index (χ1) is 10.3. The lowest BCUT2D eigenvalue weighted by Gasteiger charge is -2.24. The summed E-state index contributed by atoms with van der Waals surface area (Å²) in [5, 5.41) is 3.41. The zero-order valence-corrected chi connectivity index (χ0v) is 16.0. The second-order valence-corrected chi connectivity index (χ2v) is 6.40. The van der Waals surface area contributed by atoms with Crippen LogP contribution >= 0.6 is 0 Å². The summed E-state index contributed by atoms with van der Waals surface area (Å²) in [4.78, 5) is 0. The van der Waals surface area contributed by atoms with Crippen molar-refractivity contribution in [3.63, 3.8) is 0 Å². The standard InChI is InChI=1S/C19H31N.C2H6/c1-13(2)17(7)19(14(3)4)16(6)12-15(5)18-8-10-20-11-9-18;1-2/h12,14,18,20H,1,5,8-11H2,2-4,6-7H3;1-2H3/b16-12+,19-17+;. The number of allylic oxidation sites excluding steroid dienone is 6. The van der Waals surface area contributed by atoms with Crippen LogP contribution in [0.1, 0.15) is 61.3 Å². The highest BCUT2D eigenvalue weighted by molar-refractivity contribution is 5.45. The predicted molar refractivity (Wildman–Crippen MR) is 102 cm³/mol. The Morgan fingerprint density at radius 2 is 1.55 bits per heavy atom. The molecule has 1 N–H and O–H groups in total. The van der Waals surface area contributed by atoms with E-state index in [9.17, 15) is 0 Å². The molecule has 1 aliphatic rings. The summed E-state index contributed by atoms with van der Waals surface area (Å²) in [6, 6.07) is 0. The average Bonchev–Trinajstić information content (AvgIpc) is 2.49. The number of piperidine rings is 1. The third-order valence-electron chi connectivity index (χ3n) is 4.31. The van der Waals surface area contributed by atoms with Gasteiger partial charge in [-0.3, -0.25) is 0 Å². The van der Waals surface area contributed by atoms with E-state index in [0.717, 1.165) is 18.7 Å². The summed E-state index contributed by atoms with van der Waals surface area (Å²) in [5.41, 5.74) is 6.55. The van der Waals surface area contributed by atoms with Gasteiger partial charge in [-0.05, 0) is 75.3 Å². The molecule has 0 aromatic rings. The van der Waals surface area contributed by atoms with Gasteiger partial charge >= 0.3 is 0 Å². The largest absolute Gasteiger partial charge is 0.317 e. The van der Waals surface area contributed by atoms with Gasteiger partial charge in [0.15, 0.2) is 0 Å². The molecular formula is C21H37N. The lowest BCUT2D eigenvalue weighted by molar-refractivity contribution is 0.426. The van der Waals surface area contributed by atoms with Crippen LogP contribution in [0.15, 0.2) is 47.1 Å². The van der Waals surface area contributed by atoms with Gasteiger partial charge in [0, 0.05) is 0 Å². The van der Waals surface area contributed by atoms with E-state index in [1.165, 1.54) is 35.1 Å². The molecule has 0 bridgehead atoms. The molecule has 1 fully saturated rings. The first-order valence-electron chi connectivity index (χ1n) is 8.79. The van der Waals surface area contributed by atoms with Crippen LogP contribution < -0.4 is 5.32 Å². The molecule has 126 valence electrons. The van der Waals surface area contributed by atoms with E-state index in [0.29, 0.717) is 11.8 Å². The number of rotatable bonds is 5. The molecule has 0 atom stereocenters. The van der Waals surface area contributed by atoms with Crippen LogP contribution in [0.4, 0.5) is 0 Å². The van der Waals surface area contributed by atoms with Gasteiger partial charge < -0.3 is 5.32 Å². The third-order valence-corrected chi connectivity index (χ3v) is 4.31. The number of nitrogens with one attached hydrogen (secondary N) is 1. The molecule has 1 nitrogen and oxygen atoms in total. The van der Waals surface area contributed by atoms with Crippen LogP contribution in [0.3, 0.4) is 0 Å². The maximum absolute atomic E-state index is 4.32. The van der Waals surface area contributed by atoms with Crippen LogP contribution in [-0.2, 0) is 0 Å². The van der Waals surface area contributed by atoms with Gasteiger partial charge in [0.2, 0.25) is 0 Å². The first kappa shape index (κ1) is 20.9. The minimum Gasteiger partial charge on any atom is -0.317 e. The molecule has 0 aliphatic carbocycles. The van der Waals surface area contributed by atoms with E-state index in [4.69, 9.17) is 0 Å². The second-order valence-electron chi connectivity index (χ2n) is 6.40. The van der Waals surface area contributed by atoms with Gasteiger partial charge in [-0.2, -0.15) is 0 Å². The Morgan fingerprint density at radius 1 is 1.05 bits per heavy atom. The lowest BCUT2D eigenvalue weighted by Crippen LogP contribution is -2.28. The maximum Gasteiger partial charge on any atom is -0.00431 e. The van der Waals surface area contributed by atoms with Gasteiger partial charge in [-0.15, -0.1) is 0 Å². The molecule has 0 amide bonds. The topological polar surface area (TPSA) is 12.0 Å². The number of hydrogen-bond donors (Lipinski definition) is 1. The van der Waals surface area contributed by atoms with E-state index < -0.39 is 0 Å². The Bertz CT molecular complexity index is 429. The summed E-state index contributed by atoms with van der Waals surface area (Å²) >= 11 is 0. The smallest absolute Gasteiger partial charge is 0.00431 e. The normalized spacial score (nSPS) is 17.5. The zero-order valence-electron chi connectivity index (χ0n) is 16.0. The Labute approximate surface area is 139 Å². The molecule has 1 heteroatoms. The van der Waals surface area contributed by atoms with E-state index >= 15 is 0 Å². The van der Waals surface area contributed by atoms with Crippen LogP contribution in [0, 0.1) is 11.8 Å².